The van der Waals surface area contributed by atoms with Crippen LogP contribution < -0.4 is 11.1 Å². The summed E-state index contributed by atoms with van der Waals surface area (Å²) >= 11 is 2.25. The van der Waals surface area contributed by atoms with Crippen LogP contribution in [0.2, 0.25) is 0 Å². The van der Waals surface area contributed by atoms with Crippen molar-refractivity contribution in [2.75, 3.05) is 6.54 Å². The second kappa shape index (κ2) is 2.60. The molecule has 0 aromatic rings. The van der Waals surface area contributed by atoms with E-state index in [1.165, 1.54) is 0 Å². The van der Waals surface area contributed by atoms with Crippen molar-refractivity contribution in [3.8, 4) is 0 Å². The molecule has 9 heavy (non-hydrogen) atoms. The van der Waals surface area contributed by atoms with E-state index in [9.17, 15) is 0 Å². The highest BCUT2D eigenvalue weighted by Gasteiger charge is 2.04. The van der Waals surface area contributed by atoms with E-state index >= 15 is 0 Å². The van der Waals surface area contributed by atoms with Crippen LogP contribution in [0.15, 0.2) is 21.0 Å². The van der Waals surface area contributed by atoms with Gasteiger partial charge in [-0.3, -0.25) is 0 Å². The molecule has 0 amide bonds. The van der Waals surface area contributed by atoms with Gasteiger partial charge in [-0.25, -0.2) is 0 Å². The third-order valence-corrected chi connectivity index (χ3v) is 2.53. The zero-order valence-corrected chi connectivity index (χ0v) is 7.40. The van der Waals surface area contributed by atoms with Crippen molar-refractivity contribution in [3.63, 3.8) is 0 Å². The van der Waals surface area contributed by atoms with Crippen LogP contribution in [0.1, 0.15) is 6.92 Å². The zero-order valence-electron chi connectivity index (χ0n) is 5.24. The van der Waals surface area contributed by atoms with Gasteiger partial charge in [0.05, 0.1) is 3.70 Å². The van der Waals surface area contributed by atoms with Crippen molar-refractivity contribution in [3.05, 3.63) is 21.0 Å². The Morgan fingerprint density at radius 1 is 1.78 bits per heavy atom. The van der Waals surface area contributed by atoms with Crippen LogP contribution in [0.3, 0.4) is 0 Å². The lowest BCUT2D eigenvalue weighted by molar-refractivity contribution is 0.922. The quantitative estimate of drug-likeness (QED) is 0.488. The fourth-order valence-electron chi connectivity index (χ4n) is 0.663. The van der Waals surface area contributed by atoms with E-state index in [1.807, 2.05) is 13.0 Å². The van der Waals surface area contributed by atoms with Crippen molar-refractivity contribution in [1.29, 1.82) is 0 Å². The summed E-state index contributed by atoms with van der Waals surface area (Å²) in [6, 6.07) is 0. The van der Waals surface area contributed by atoms with Gasteiger partial charge in [0.2, 0.25) is 0 Å². The van der Waals surface area contributed by atoms with Gasteiger partial charge in [-0.2, -0.15) is 0 Å². The average molecular weight is 236 g/mol. The molecular formula is C6H9IN2. The number of rotatable bonds is 0. The van der Waals surface area contributed by atoms with Crippen LogP contribution in [0, 0.1) is 0 Å². The molecule has 3 N–H and O–H groups in total. The Labute approximate surface area is 68.3 Å². The summed E-state index contributed by atoms with van der Waals surface area (Å²) in [5.41, 5.74) is 7.68. The summed E-state index contributed by atoms with van der Waals surface area (Å²) in [7, 11) is 0. The van der Waals surface area contributed by atoms with Gasteiger partial charge in [0.15, 0.2) is 0 Å². The first kappa shape index (κ1) is 6.92. The molecule has 0 spiro atoms. The van der Waals surface area contributed by atoms with E-state index < -0.39 is 0 Å². The van der Waals surface area contributed by atoms with Crippen molar-refractivity contribution in [2.24, 2.45) is 5.73 Å². The van der Waals surface area contributed by atoms with E-state index in [0.717, 1.165) is 21.5 Å². The SMILES string of the molecule is CC1=C(I)NCC=C1N. The summed E-state index contributed by atoms with van der Waals surface area (Å²) < 4.78 is 1.16. The fourth-order valence-corrected chi connectivity index (χ4v) is 1.19. The maximum absolute atomic E-state index is 5.63. The molecule has 0 radical (unpaired) electrons. The molecule has 0 aliphatic carbocycles. The molecule has 0 atom stereocenters. The number of nitrogens with one attached hydrogen (secondary N) is 1. The topological polar surface area (TPSA) is 38.0 Å². The van der Waals surface area contributed by atoms with Crippen LogP contribution in [-0.2, 0) is 0 Å². The third-order valence-electron chi connectivity index (χ3n) is 1.34. The van der Waals surface area contributed by atoms with E-state index in [2.05, 4.69) is 27.9 Å². The lowest BCUT2D eigenvalue weighted by Gasteiger charge is -2.13. The molecule has 0 aromatic carbocycles. The van der Waals surface area contributed by atoms with Crippen LogP contribution >= 0.6 is 22.6 Å². The van der Waals surface area contributed by atoms with Gasteiger partial charge >= 0.3 is 0 Å². The highest BCUT2D eigenvalue weighted by molar-refractivity contribution is 14.1. The van der Waals surface area contributed by atoms with Gasteiger partial charge in [0, 0.05) is 17.8 Å². The predicted molar refractivity (Wildman–Crippen MR) is 47.0 cm³/mol. The molecule has 0 bridgehead atoms. The van der Waals surface area contributed by atoms with Gasteiger partial charge in [-0.05, 0) is 35.6 Å². The minimum atomic E-state index is 0.863. The Hall–Kier alpha value is -0.190. The molecule has 0 saturated heterocycles. The minimum Gasteiger partial charge on any atom is -0.399 e. The molecule has 0 saturated carbocycles. The highest BCUT2D eigenvalue weighted by atomic mass is 127. The summed E-state index contributed by atoms with van der Waals surface area (Å²) in [6.07, 6.45) is 1.98. The number of allylic oxidation sites excluding steroid dienone is 1. The van der Waals surface area contributed by atoms with Gasteiger partial charge in [0.25, 0.3) is 0 Å². The Kier molecular flexibility index (Phi) is 2.00. The number of dihydropyridines is 1. The summed E-state index contributed by atoms with van der Waals surface area (Å²) in [6.45, 7) is 2.88. The zero-order chi connectivity index (χ0) is 6.85. The highest BCUT2D eigenvalue weighted by Crippen LogP contribution is 2.16. The van der Waals surface area contributed by atoms with E-state index in [4.69, 9.17) is 5.73 Å². The molecule has 0 unspecified atom stereocenters. The first-order valence-electron chi connectivity index (χ1n) is 2.78. The normalized spacial score (nSPS) is 19.1. The monoisotopic (exact) mass is 236 g/mol. The van der Waals surface area contributed by atoms with E-state index in [0.29, 0.717) is 0 Å². The van der Waals surface area contributed by atoms with Gasteiger partial charge < -0.3 is 11.1 Å². The van der Waals surface area contributed by atoms with E-state index in [1.54, 1.807) is 0 Å². The minimum absolute atomic E-state index is 0.863. The Morgan fingerprint density at radius 3 is 2.89 bits per heavy atom. The van der Waals surface area contributed by atoms with Crippen LogP contribution in [0.25, 0.3) is 0 Å². The van der Waals surface area contributed by atoms with Crippen molar-refractivity contribution in [2.45, 2.75) is 6.92 Å². The molecule has 1 aliphatic rings. The van der Waals surface area contributed by atoms with E-state index in [-0.39, 0.29) is 0 Å². The van der Waals surface area contributed by atoms with Crippen LogP contribution in [0.5, 0.6) is 0 Å². The molecule has 50 valence electrons. The number of halogens is 1. The maximum Gasteiger partial charge on any atom is 0.0784 e. The molecule has 1 rings (SSSR count). The molecular weight excluding hydrogens is 227 g/mol. The largest absolute Gasteiger partial charge is 0.399 e. The third kappa shape index (κ3) is 1.38. The van der Waals surface area contributed by atoms with Gasteiger partial charge in [0.1, 0.15) is 0 Å². The number of nitrogens with two attached hydrogens (primary N) is 1. The molecule has 3 heteroatoms. The lowest BCUT2D eigenvalue weighted by Crippen LogP contribution is -2.19. The molecule has 0 fully saturated rings. The number of hydrogen-bond acceptors (Lipinski definition) is 2. The first-order chi connectivity index (χ1) is 4.22. The Balaban J connectivity index is 2.88. The van der Waals surface area contributed by atoms with Crippen molar-refractivity contribution >= 4 is 22.6 Å². The summed E-state index contributed by atoms with van der Waals surface area (Å²) in [5, 5.41) is 3.17. The van der Waals surface area contributed by atoms with Gasteiger partial charge in [-0.15, -0.1) is 0 Å². The second-order valence-corrected chi connectivity index (χ2v) is 3.06. The smallest absolute Gasteiger partial charge is 0.0784 e. The molecule has 2 nitrogen and oxygen atoms in total. The van der Waals surface area contributed by atoms with Crippen LogP contribution in [-0.4, -0.2) is 6.54 Å². The maximum atomic E-state index is 5.63. The molecule has 1 aliphatic heterocycles. The first-order valence-corrected chi connectivity index (χ1v) is 3.86. The van der Waals surface area contributed by atoms with Gasteiger partial charge in [-0.1, -0.05) is 0 Å². The van der Waals surface area contributed by atoms with Crippen molar-refractivity contribution in [1.82, 2.24) is 5.32 Å². The predicted octanol–water partition coefficient (Wildman–Crippen LogP) is 1.10. The standard InChI is InChI=1S/C6H9IN2/c1-4-5(8)2-3-9-6(4)7/h2,9H,3,8H2,1H3. The Morgan fingerprint density at radius 2 is 2.44 bits per heavy atom. The fraction of sp³-hybridized carbons (Fsp3) is 0.333. The second-order valence-electron chi connectivity index (χ2n) is 1.98. The van der Waals surface area contributed by atoms with Crippen molar-refractivity contribution < 1.29 is 0 Å². The summed E-state index contributed by atoms with van der Waals surface area (Å²) in [4.78, 5) is 0. The Bertz CT molecular complexity index is 181. The molecule has 0 aromatic heterocycles. The molecule has 1 heterocycles. The van der Waals surface area contributed by atoms with Crippen LogP contribution in [0.4, 0.5) is 0 Å². The lowest BCUT2D eigenvalue weighted by atomic mass is 10.2. The number of hydrogen-bond donors (Lipinski definition) is 2. The average Bonchev–Trinajstić information content (AvgIpc) is 1.83. The summed E-state index contributed by atoms with van der Waals surface area (Å²) in [5.74, 6) is 0.